The Balaban J connectivity index is 1.60. The third-order valence-corrected chi connectivity index (χ3v) is 4.84. The fraction of sp³-hybridized carbons (Fsp3) is 0.238. The highest BCUT2D eigenvalue weighted by molar-refractivity contribution is 5.94. The lowest BCUT2D eigenvalue weighted by molar-refractivity contribution is -0.137. The molecular weight excluding hydrogens is 395 g/mol. The molecule has 30 heavy (non-hydrogen) atoms. The summed E-state index contributed by atoms with van der Waals surface area (Å²) in [5.41, 5.74) is 2.14. The Morgan fingerprint density at radius 1 is 1.17 bits per heavy atom. The molecule has 156 valence electrons. The van der Waals surface area contributed by atoms with E-state index in [1.54, 1.807) is 24.3 Å². The van der Waals surface area contributed by atoms with Crippen molar-refractivity contribution >= 4 is 28.8 Å². The summed E-state index contributed by atoms with van der Waals surface area (Å²) in [6.07, 6.45) is 2.66. The van der Waals surface area contributed by atoms with Crippen LogP contribution in [0, 0.1) is 0 Å². The van der Waals surface area contributed by atoms with E-state index in [-0.39, 0.29) is 17.4 Å². The Bertz CT molecular complexity index is 1050. The lowest BCUT2D eigenvalue weighted by Crippen LogP contribution is -2.22. The third-order valence-electron chi connectivity index (χ3n) is 4.84. The fourth-order valence-corrected chi connectivity index (χ4v) is 3.40. The van der Waals surface area contributed by atoms with Gasteiger partial charge in [0.05, 0.1) is 17.8 Å². The zero-order chi connectivity index (χ0) is 21.3. The van der Waals surface area contributed by atoms with Crippen LogP contribution in [0.25, 0.3) is 0 Å². The standard InChI is InChI=1S/C21H20F3N5O/c1-29-8-2-3-15(12-29)26-18-10-19(25-11-16(18)21(22,23)24)27-14-5-6-17-13(9-14)4-7-20(30)28-17/h2-3,5-6,8-11H,4,7,12H2,1H3,(H,28,30)(H2,25,26,27). The van der Waals surface area contributed by atoms with Crippen LogP contribution in [0.15, 0.2) is 54.5 Å². The third kappa shape index (κ3) is 4.40. The molecule has 2 aliphatic heterocycles. The molecule has 0 spiro atoms. The molecule has 0 fully saturated rings. The maximum atomic E-state index is 13.5. The Hall–Kier alpha value is -3.49. The molecule has 0 radical (unpaired) electrons. The van der Waals surface area contributed by atoms with E-state index >= 15 is 0 Å². The molecule has 0 bridgehead atoms. The van der Waals surface area contributed by atoms with Crippen LogP contribution in [-0.2, 0) is 17.4 Å². The van der Waals surface area contributed by atoms with E-state index in [2.05, 4.69) is 20.9 Å². The van der Waals surface area contributed by atoms with Crippen LogP contribution in [0.3, 0.4) is 0 Å². The van der Waals surface area contributed by atoms with Gasteiger partial charge in [0, 0.05) is 42.8 Å². The second-order valence-electron chi connectivity index (χ2n) is 7.23. The molecule has 0 saturated heterocycles. The summed E-state index contributed by atoms with van der Waals surface area (Å²) in [5, 5.41) is 8.74. The molecule has 0 saturated carbocycles. The van der Waals surface area contributed by atoms with Crippen LogP contribution in [-0.4, -0.2) is 29.4 Å². The Labute approximate surface area is 171 Å². The molecule has 9 heteroatoms. The number of halogens is 3. The number of nitrogens with zero attached hydrogens (tertiary/aromatic N) is 2. The average molecular weight is 415 g/mol. The minimum atomic E-state index is -4.53. The highest BCUT2D eigenvalue weighted by atomic mass is 19.4. The predicted octanol–water partition coefficient (Wildman–Crippen LogP) is 4.48. The first-order valence-electron chi connectivity index (χ1n) is 9.39. The number of carbonyl (C=O) groups excluding carboxylic acids is 1. The molecule has 1 aromatic carbocycles. The first kappa shape index (κ1) is 19.8. The quantitative estimate of drug-likeness (QED) is 0.687. The van der Waals surface area contributed by atoms with Crippen LogP contribution in [0.1, 0.15) is 17.5 Å². The Kier molecular flexibility index (Phi) is 5.11. The smallest absolute Gasteiger partial charge is 0.375 e. The molecule has 3 heterocycles. The summed E-state index contributed by atoms with van der Waals surface area (Å²) in [5.74, 6) is 0.256. The summed E-state index contributed by atoms with van der Waals surface area (Å²) in [6, 6.07) is 6.74. The molecule has 0 atom stereocenters. The number of nitrogens with one attached hydrogen (secondary N) is 3. The Morgan fingerprint density at radius 2 is 2.00 bits per heavy atom. The zero-order valence-electron chi connectivity index (χ0n) is 16.2. The predicted molar refractivity (Wildman–Crippen MR) is 109 cm³/mol. The van der Waals surface area contributed by atoms with Gasteiger partial charge in [0.1, 0.15) is 5.82 Å². The van der Waals surface area contributed by atoms with Crippen molar-refractivity contribution in [1.82, 2.24) is 9.88 Å². The maximum absolute atomic E-state index is 13.5. The van der Waals surface area contributed by atoms with E-state index in [0.29, 0.717) is 30.8 Å². The lowest BCUT2D eigenvalue weighted by atomic mass is 10.0. The van der Waals surface area contributed by atoms with Crippen molar-refractivity contribution in [2.45, 2.75) is 19.0 Å². The van der Waals surface area contributed by atoms with Gasteiger partial charge in [-0.15, -0.1) is 0 Å². The van der Waals surface area contributed by atoms with Crippen molar-refractivity contribution < 1.29 is 18.0 Å². The number of aromatic nitrogens is 1. The van der Waals surface area contributed by atoms with Crippen molar-refractivity contribution in [1.29, 1.82) is 0 Å². The van der Waals surface area contributed by atoms with Gasteiger partial charge in [-0.2, -0.15) is 13.2 Å². The second-order valence-corrected chi connectivity index (χ2v) is 7.23. The number of alkyl halides is 3. The average Bonchev–Trinajstić information content (AvgIpc) is 2.67. The summed E-state index contributed by atoms with van der Waals surface area (Å²) >= 11 is 0. The van der Waals surface area contributed by atoms with Crippen LogP contribution in [0.4, 0.5) is 36.1 Å². The molecule has 3 N–H and O–H groups in total. The number of hydrogen-bond acceptors (Lipinski definition) is 5. The van der Waals surface area contributed by atoms with Crippen LogP contribution >= 0.6 is 0 Å². The number of allylic oxidation sites excluding steroid dienone is 2. The molecular formula is C21H20F3N5O. The number of benzene rings is 1. The number of fused-ring (bicyclic) bond motifs is 1. The number of carbonyl (C=O) groups is 1. The molecule has 0 unspecified atom stereocenters. The molecule has 2 aliphatic rings. The van der Waals surface area contributed by atoms with Crippen molar-refractivity contribution in [2.75, 3.05) is 29.5 Å². The SMILES string of the molecule is CN1C=CC=C(Nc2cc(Nc3ccc4c(c3)CCC(=O)N4)ncc2C(F)(F)F)C1. The van der Waals surface area contributed by atoms with Crippen molar-refractivity contribution in [3.63, 3.8) is 0 Å². The van der Waals surface area contributed by atoms with Crippen LogP contribution in [0.2, 0.25) is 0 Å². The van der Waals surface area contributed by atoms with E-state index in [1.807, 2.05) is 24.2 Å². The molecule has 6 nitrogen and oxygen atoms in total. The van der Waals surface area contributed by atoms with E-state index in [4.69, 9.17) is 0 Å². The summed E-state index contributed by atoms with van der Waals surface area (Å²) in [6.45, 7) is 0.468. The topological polar surface area (TPSA) is 69.3 Å². The monoisotopic (exact) mass is 415 g/mol. The van der Waals surface area contributed by atoms with E-state index in [1.165, 1.54) is 6.07 Å². The number of likely N-dealkylation sites (N-methyl/N-ethyl adjacent to an activating group) is 1. The van der Waals surface area contributed by atoms with Gasteiger partial charge in [-0.25, -0.2) is 4.98 Å². The van der Waals surface area contributed by atoms with Crippen LogP contribution < -0.4 is 16.0 Å². The number of aryl methyl sites for hydroxylation is 1. The largest absolute Gasteiger partial charge is 0.419 e. The first-order valence-corrected chi connectivity index (χ1v) is 9.39. The van der Waals surface area contributed by atoms with Gasteiger partial charge in [-0.3, -0.25) is 4.79 Å². The number of amides is 1. The highest BCUT2D eigenvalue weighted by Gasteiger charge is 2.34. The molecule has 2 aromatic rings. The van der Waals surface area contributed by atoms with Crippen molar-refractivity contribution in [3.05, 3.63) is 65.6 Å². The minimum absolute atomic E-state index is 0.0270. The molecule has 1 aromatic heterocycles. The highest BCUT2D eigenvalue weighted by Crippen LogP contribution is 2.37. The summed E-state index contributed by atoms with van der Waals surface area (Å²) in [7, 11) is 1.84. The van der Waals surface area contributed by atoms with Gasteiger partial charge >= 0.3 is 6.18 Å². The molecule has 4 rings (SSSR count). The van der Waals surface area contributed by atoms with Gasteiger partial charge in [0.15, 0.2) is 0 Å². The minimum Gasteiger partial charge on any atom is -0.375 e. The maximum Gasteiger partial charge on any atom is 0.419 e. The number of rotatable bonds is 4. The van der Waals surface area contributed by atoms with Gasteiger partial charge in [0.2, 0.25) is 5.91 Å². The fourth-order valence-electron chi connectivity index (χ4n) is 3.40. The Morgan fingerprint density at radius 3 is 2.77 bits per heavy atom. The van der Waals surface area contributed by atoms with Crippen LogP contribution in [0.5, 0.6) is 0 Å². The summed E-state index contributed by atoms with van der Waals surface area (Å²) in [4.78, 5) is 17.3. The number of anilines is 4. The van der Waals surface area contributed by atoms with Gasteiger partial charge in [0.25, 0.3) is 0 Å². The second kappa shape index (κ2) is 7.74. The molecule has 0 aliphatic carbocycles. The van der Waals surface area contributed by atoms with Gasteiger partial charge in [-0.1, -0.05) is 0 Å². The van der Waals surface area contributed by atoms with Crippen molar-refractivity contribution in [3.8, 4) is 0 Å². The summed E-state index contributed by atoms with van der Waals surface area (Å²) < 4.78 is 40.4. The lowest BCUT2D eigenvalue weighted by Gasteiger charge is -2.23. The normalized spacial score (nSPS) is 15.9. The van der Waals surface area contributed by atoms with E-state index in [0.717, 1.165) is 17.4 Å². The first-order chi connectivity index (χ1) is 14.3. The number of pyridine rings is 1. The van der Waals surface area contributed by atoms with E-state index in [9.17, 15) is 18.0 Å². The van der Waals surface area contributed by atoms with E-state index < -0.39 is 11.7 Å². The zero-order valence-corrected chi connectivity index (χ0v) is 16.2. The molecule has 1 amide bonds. The number of hydrogen-bond donors (Lipinski definition) is 3. The van der Waals surface area contributed by atoms with Crippen molar-refractivity contribution in [2.24, 2.45) is 0 Å². The van der Waals surface area contributed by atoms with Gasteiger partial charge < -0.3 is 20.9 Å². The van der Waals surface area contributed by atoms with Gasteiger partial charge in [-0.05, 0) is 48.5 Å².